The van der Waals surface area contributed by atoms with Gasteiger partial charge in [-0.3, -0.25) is 4.79 Å². The molecule has 0 heterocycles. The van der Waals surface area contributed by atoms with Gasteiger partial charge in [-0.1, -0.05) is 24.3 Å². The molecule has 1 aliphatic carbocycles. The van der Waals surface area contributed by atoms with Crippen molar-refractivity contribution in [1.29, 1.82) is 0 Å². The summed E-state index contributed by atoms with van der Waals surface area (Å²) in [5.41, 5.74) is 1.30. The second kappa shape index (κ2) is 4.57. The van der Waals surface area contributed by atoms with Gasteiger partial charge in [0.05, 0.1) is 7.11 Å². The van der Waals surface area contributed by atoms with E-state index in [0.29, 0.717) is 5.92 Å². The van der Waals surface area contributed by atoms with Gasteiger partial charge in [-0.2, -0.15) is 0 Å². The van der Waals surface area contributed by atoms with E-state index in [0.717, 1.165) is 12.2 Å². The van der Waals surface area contributed by atoms with E-state index < -0.39 is 0 Å². The Morgan fingerprint density at radius 3 is 2.89 bits per heavy atom. The summed E-state index contributed by atoms with van der Waals surface area (Å²) in [6.07, 6.45) is 1.02. The molecule has 2 aromatic carbocycles. The van der Waals surface area contributed by atoms with E-state index in [1.165, 1.54) is 16.3 Å². The minimum Gasteiger partial charge on any atom is -0.497 e. The van der Waals surface area contributed by atoms with Crippen LogP contribution in [0.25, 0.3) is 10.8 Å². The van der Waals surface area contributed by atoms with Gasteiger partial charge in [0.2, 0.25) is 5.91 Å². The van der Waals surface area contributed by atoms with Gasteiger partial charge in [0.1, 0.15) is 5.75 Å². The Labute approximate surface area is 112 Å². The molecule has 0 aromatic heterocycles. The Bertz CT molecular complexity index is 636. The maximum Gasteiger partial charge on any atom is 0.217 e. The summed E-state index contributed by atoms with van der Waals surface area (Å²) in [5, 5.41) is 5.42. The second-order valence-electron chi connectivity index (χ2n) is 5.08. The normalized spacial score (nSPS) is 21.2. The molecule has 98 valence electrons. The molecule has 0 radical (unpaired) electrons. The highest BCUT2D eigenvalue weighted by molar-refractivity contribution is 5.88. The molecule has 2 unspecified atom stereocenters. The topological polar surface area (TPSA) is 38.3 Å². The molecule has 1 N–H and O–H groups in total. The molecule has 2 atom stereocenters. The van der Waals surface area contributed by atoms with E-state index >= 15 is 0 Å². The fourth-order valence-corrected chi connectivity index (χ4v) is 2.69. The molecule has 3 nitrogen and oxygen atoms in total. The lowest BCUT2D eigenvalue weighted by Gasteiger charge is -2.08. The second-order valence-corrected chi connectivity index (χ2v) is 5.08. The van der Waals surface area contributed by atoms with Crippen LogP contribution in [0, 0.1) is 0 Å². The highest BCUT2D eigenvalue weighted by Gasteiger charge is 2.39. The summed E-state index contributed by atoms with van der Waals surface area (Å²) in [5.74, 6) is 1.35. The van der Waals surface area contributed by atoms with Crippen molar-refractivity contribution >= 4 is 16.7 Å². The van der Waals surface area contributed by atoms with Crippen molar-refractivity contribution in [2.45, 2.75) is 25.3 Å². The molecule has 2 aromatic rings. The lowest BCUT2D eigenvalue weighted by Crippen LogP contribution is -2.23. The first kappa shape index (κ1) is 12.0. The number of amides is 1. The number of hydrogen-bond donors (Lipinski definition) is 1. The fraction of sp³-hybridized carbons (Fsp3) is 0.312. The predicted octanol–water partition coefficient (Wildman–Crippen LogP) is 2.84. The number of carbonyl (C=O) groups excluding carboxylic acids is 1. The SMILES string of the molecule is COc1ccc2cccc(C3CC3NC(C)=O)c2c1. The molecule has 1 fully saturated rings. The first-order valence-corrected chi connectivity index (χ1v) is 6.53. The third kappa shape index (κ3) is 2.28. The van der Waals surface area contributed by atoms with E-state index in [-0.39, 0.29) is 11.9 Å². The third-order valence-electron chi connectivity index (χ3n) is 3.70. The molecule has 19 heavy (non-hydrogen) atoms. The number of methoxy groups -OCH3 is 1. The summed E-state index contributed by atoms with van der Waals surface area (Å²) in [6.45, 7) is 1.57. The van der Waals surface area contributed by atoms with Crippen LogP contribution in [0.3, 0.4) is 0 Å². The Morgan fingerprint density at radius 2 is 2.16 bits per heavy atom. The molecule has 0 spiro atoms. The zero-order chi connectivity index (χ0) is 13.4. The van der Waals surface area contributed by atoms with Gasteiger partial charge in [-0.25, -0.2) is 0 Å². The molecular weight excluding hydrogens is 238 g/mol. The van der Waals surface area contributed by atoms with Gasteiger partial charge in [0.15, 0.2) is 0 Å². The number of rotatable bonds is 3. The Hall–Kier alpha value is -2.03. The smallest absolute Gasteiger partial charge is 0.217 e. The summed E-state index contributed by atoms with van der Waals surface area (Å²) in [4.78, 5) is 11.1. The van der Waals surface area contributed by atoms with Gasteiger partial charge in [0, 0.05) is 18.9 Å². The molecule has 1 saturated carbocycles. The summed E-state index contributed by atoms with van der Waals surface area (Å²) < 4.78 is 5.30. The Kier molecular flexibility index (Phi) is 2.90. The van der Waals surface area contributed by atoms with Crippen LogP contribution in [0.15, 0.2) is 36.4 Å². The number of hydrogen-bond acceptors (Lipinski definition) is 2. The molecule has 0 bridgehead atoms. The Balaban J connectivity index is 1.97. The van der Waals surface area contributed by atoms with Crippen LogP contribution >= 0.6 is 0 Å². The highest BCUT2D eigenvalue weighted by atomic mass is 16.5. The molecular formula is C16H17NO2. The van der Waals surface area contributed by atoms with Crippen molar-refractivity contribution in [3.63, 3.8) is 0 Å². The average molecular weight is 255 g/mol. The zero-order valence-electron chi connectivity index (χ0n) is 11.1. The minimum atomic E-state index is 0.0466. The summed E-state index contributed by atoms with van der Waals surface area (Å²) in [6, 6.07) is 12.7. The van der Waals surface area contributed by atoms with Crippen LogP contribution in [0.1, 0.15) is 24.8 Å². The van der Waals surface area contributed by atoms with Gasteiger partial charge in [-0.15, -0.1) is 0 Å². The van der Waals surface area contributed by atoms with E-state index in [1.807, 2.05) is 6.07 Å². The Morgan fingerprint density at radius 1 is 1.32 bits per heavy atom. The first-order chi connectivity index (χ1) is 9.19. The quantitative estimate of drug-likeness (QED) is 0.915. The molecule has 3 rings (SSSR count). The van der Waals surface area contributed by atoms with Crippen molar-refractivity contribution in [3.8, 4) is 5.75 Å². The van der Waals surface area contributed by atoms with Crippen molar-refractivity contribution in [3.05, 3.63) is 42.0 Å². The molecule has 1 amide bonds. The zero-order valence-corrected chi connectivity index (χ0v) is 11.1. The van der Waals surface area contributed by atoms with E-state index in [9.17, 15) is 4.79 Å². The molecule has 0 saturated heterocycles. The summed E-state index contributed by atoms with van der Waals surface area (Å²) in [7, 11) is 1.68. The van der Waals surface area contributed by atoms with Crippen LogP contribution in [-0.4, -0.2) is 19.1 Å². The van der Waals surface area contributed by atoms with E-state index in [1.54, 1.807) is 14.0 Å². The highest BCUT2D eigenvalue weighted by Crippen LogP contribution is 2.44. The van der Waals surface area contributed by atoms with E-state index in [2.05, 4.69) is 35.6 Å². The lowest BCUT2D eigenvalue weighted by molar-refractivity contribution is -0.119. The van der Waals surface area contributed by atoms with Gasteiger partial charge >= 0.3 is 0 Å². The molecule has 3 heteroatoms. The van der Waals surface area contributed by atoms with Gasteiger partial charge in [-0.05, 0) is 34.9 Å². The standard InChI is InChI=1S/C16H17NO2/c1-10(18)17-16-9-15(16)13-5-3-4-11-6-7-12(19-2)8-14(11)13/h3-8,15-16H,9H2,1-2H3,(H,17,18). The van der Waals surface area contributed by atoms with Crippen LogP contribution in [-0.2, 0) is 4.79 Å². The van der Waals surface area contributed by atoms with Crippen molar-refractivity contribution in [2.24, 2.45) is 0 Å². The largest absolute Gasteiger partial charge is 0.497 e. The third-order valence-corrected chi connectivity index (χ3v) is 3.70. The number of ether oxygens (including phenoxy) is 1. The first-order valence-electron chi connectivity index (χ1n) is 6.53. The predicted molar refractivity (Wildman–Crippen MR) is 75.5 cm³/mol. The van der Waals surface area contributed by atoms with Crippen molar-refractivity contribution < 1.29 is 9.53 Å². The maximum absolute atomic E-state index is 11.1. The average Bonchev–Trinajstić information content (AvgIpc) is 3.15. The molecule has 1 aliphatic rings. The molecule has 0 aliphatic heterocycles. The number of carbonyl (C=O) groups is 1. The van der Waals surface area contributed by atoms with Crippen LogP contribution in [0.4, 0.5) is 0 Å². The number of fused-ring (bicyclic) bond motifs is 1. The maximum atomic E-state index is 11.1. The monoisotopic (exact) mass is 255 g/mol. The summed E-state index contributed by atoms with van der Waals surface area (Å²) >= 11 is 0. The minimum absolute atomic E-state index is 0.0466. The van der Waals surface area contributed by atoms with Gasteiger partial charge in [0.25, 0.3) is 0 Å². The van der Waals surface area contributed by atoms with Crippen molar-refractivity contribution in [2.75, 3.05) is 7.11 Å². The fourth-order valence-electron chi connectivity index (χ4n) is 2.69. The lowest BCUT2D eigenvalue weighted by atomic mass is 10.0. The number of nitrogens with one attached hydrogen (secondary N) is 1. The number of benzene rings is 2. The van der Waals surface area contributed by atoms with E-state index in [4.69, 9.17) is 4.74 Å². The van der Waals surface area contributed by atoms with Gasteiger partial charge < -0.3 is 10.1 Å². The van der Waals surface area contributed by atoms with Crippen LogP contribution in [0.5, 0.6) is 5.75 Å². The van der Waals surface area contributed by atoms with Crippen molar-refractivity contribution in [1.82, 2.24) is 5.32 Å². The van der Waals surface area contributed by atoms with Crippen LogP contribution in [0.2, 0.25) is 0 Å². The van der Waals surface area contributed by atoms with Crippen LogP contribution < -0.4 is 10.1 Å².